The lowest BCUT2D eigenvalue weighted by molar-refractivity contribution is -0.153. The summed E-state index contributed by atoms with van der Waals surface area (Å²) in [6.07, 6.45) is -7.90. The fourth-order valence-corrected chi connectivity index (χ4v) is 4.93. The maximum absolute atomic E-state index is 15.0. The number of thioether (sulfide) groups is 1. The summed E-state index contributed by atoms with van der Waals surface area (Å²) in [5.74, 6) is -1.83. The van der Waals surface area contributed by atoms with Gasteiger partial charge in [-0.25, -0.2) is 18.9 Å². The third-order valence-corrected chi connectivity index (χ3v) is 7.05. The number of anilines is 2. The second-order valence-corrected chi connectivity index (χ2v) is 10.4. The molecule has 234 valence electrons. The predicted molar refractivity (Wildman–Crippen MR) is 151 cm³/mol. The Labute approximate surface area is 253 Å². The Kier molecular flexibility index (Phi) is 8.55. The Balaban J connectivity index is 1.32. The van der Waals surface area contributed by atoms with Crippen LogP contribution in [0.3, 0.4) is 0 Å². The van der Waals surface area contributed by atoms with Crippen LogP contribution in [0.15, 0.2) is 72.0 Å². The monoisotopic (exact) mass is 652 g/mol. The van der Waals surface area contributed by atoms with Gasteiger partial charge in [0.2, 0.25) is 5.91 Å². The number of benzene rings is 3. The Morgan fingerprint density at radius 3 is 2.44 bits per heavy atom. The summed E-state index contributed by atoms with van der Waals surface area (Å²) >= 11 is 0.856. The van der Waals surface area contributed by atoms with E-state index >= 15 is 0 Å². The molecule has 3 amide bonds. The molecule has 5 rings (SSSR count). The van der Waals surface area contributed by atoms with Crippen molar-refractivity contribution in [3.63, 3.8) is 0 Å². The molecule has 0 spiro atoms. The summed E-state index contributed by atoms with van der Waals surface area (Å²) in [5.41, 5.74) is -0.0973. The first kappa shape index (κ1) is 31.5. The smallest absolute Gasteiger partial charge is 0.422 e. The number of aryl methyl sites for hydroxylation is 1. The number of aromatic nitrogens is 3. The van der Waals surface area contributed by atoms with Crippen molar-refractivity contribution < 1.29 is 45.1 Å². The lowest BCUT2D eigenvalue weighted by Crippen LogP contribution is -2.31. The molecular formula is C28H19F7N6O3S. The number of nitrogens with zero attached hydrogens (tertiary/aromatic N) is 5. The van der Waals surface area contributed by atoms with Crippen molar-refractivity contribution in [1.82, 2.24) is 14.8 Å². The third-order valence-electron chi connectivity index (χ3n) is 6.13. The molecule has 0 saturated carbocycles. The van der Waals surface area contributed by atoms with Gasteiger partial charge in [0.05, 0.1) is 28.4 Å². The standard InChI is InChI=1S/C28H19F7N6O3S/c1-15-2-9-22(44-13-27(30,31)32)21(10-15)41-23(42)12-45-26(41)38-25(43)37-20-8-3-16(11-19(20)29)24-36-14-40(39-24)18-6-4-17(5-7-18)28(33,34)35/h2-11,14H,12-13H2,1H3,(H,37,43). The number of aliphatic imine (C=N–C) groups is 1. The molecule has 1 aromatic heterocycles. The van der Waals surface area contributed by atoms with Crippen LogP contribution in [-0.2, 0) is 11.0 Å². The van der Waals surface area contributed by atoms with E-state index in [-0.39, 0.29) is 45.1 Å². The molecule has 0 aliphatic carbocycles. The minimum Gasteiger partial charge on any atom is -0.482 e. The molecule has 0 bridgehead atoms. The Bertz CT molecular complexity index is 1790. The number of rotatable bonds is 6. The number of hydrogen-bond acceptors (Lipinski definition) is 6. The van der Waals surface area contributed by atoms with E-state index in [2.05, 4.69) is 20.4 Å². The average Bonchev–Trinajstić information content (AvgIpc) is 3.60. The van der Waals surface area contributed by atoms with E-state index < -0.39 is 42.3 Å². The number of urea groups is 1. The summed E-state index contributed by atoms with van der Waals surface area (Å²) in [5, 5.41) is 6.26. The molecule has 1 aliphatic rings. The molecule has 4 aromatic rings. The topological polar surface area (TPSA) is 102 Å². The molecule has 9 nitrogen and oxygen atoms in total. The summed E-state index contributed by atoms with van der Waals surface area (Å²) in [6.45, 7) is 0.0424. The van der Waals surface area contributed by atoms with Gasteiger partial charge >= 0.3 is 18.4 Å². The second kappa shape index (κ2) is 12.2. The lowest BCUT2D eigenvalue weighted by atomic mass is 10.2. The van der Waals surface area contributed by atoms with Gasteiger partial charge in [-0.2, -0.15) is 31.3 Å². The zero-order chi connectivity index (χ0) is 32.5. The average molecular weight is 653 g/mol. The molecular weight excluding hydrogens is 633 g/mol. The Morgan fingerprint density at radius 1 is 1.04 bits per heavy atom. The van der Waals surface area contributed by atoms with Crippen LogP contribution in [0.5, 0.6) is 5.75 Å². The molecule has 45 heavy (non-hydrogen) atoms. The van der Waals surface area contributed by atoms with Crippen molar-refractivity contribution in [1.29, 1.82) is 0 Å². The zero-order valence-electron chi connectivity index (χ0n) is 22.8. The van der Waals surface area contributed by atoms with E-state index in [0.717, 1.165) is 34.9 Å². The van der Waals surface area contributed by atoms with E-state index in [9.17, 15) is 40.3 Å². The summed E-state index contributed by atoms with van der Waals surface area (Å²) in [7, 11) is 0. The minimum atomic E-state index is -4.63. The zero-order valence-corrected chi connectivity index (χ0v) is 23.6. The van der Waals surface area contributed by atoms with Crippen LogP contribution < -0.4 is 15.0 Å². The molecule has 1 fully saturated rings. The number of alkyl halides is 6. The summed E-state index contributed by atoms with van der Waals surface area (Å²) < 4.78 is 97.9. The number of hydrogen-bond donors (Lipinski definition) is 1. The Morgan fingerprint density at radius 2 is 1.78 bits per heavy atom. The number of amides is 3. The molecule has 17 heteroatoms. The molecule has 0 radical (unpaired) electrons. The highest BCUT2D eigenvalue weighted by atomic mass is 32.2. The van der Waals surface area contributed by atoms with Crippen LogP contribution in [0, 0.1) is 12.7 Å². The predicted octanol–water partition coefficient (Wildman–Crippen LogP) is 7.01. The quantitative estimate of drug-likeness (QED) is 0.225. The molecule has 0 atom stereocenters. The maximum Gasteiger partial charge on any atom is 0.422 e. The van der Waals surface area contributed by atoms with Gasteiger partial charge in [-0.1, -0.05) is 17.8 Å². The molecule has 2 heterocycles. The first-order valence-corrected chi connectivity index (χ1v) is 13.7. The highest BCUT2D eigenvalue weighted by Crippen LogP contribution is 2.36. The fraction of sp³-hybridized carbons (Fsp3) is 0.179. The van der Waals surface area contributed by atoms with E-state index in [1.54, 1.807) is 6.92 Å². The largest absolute Gasteiger partial charge is 0.482 e. The molecule has 0 unspecified atom stereocenters. The molecule has 1 saturated heterocycles. The van der Waals surface area contributed by atoms with Gasteiger partial charge in [0, 0.05) is 5.56 Å². The first-order chi connectivity index (χ1) is 21.2. The molecule has 1 N–H and O–H groups in total. The van der Waals surface area contributed by atoms with Gasteiger partial charge < -0.3 is 10.1 Å². The van der Waals surface area contributed by atoms with Crippen LogP contribution in [0.1, 0.15) is 11.1 Å². The van der Waals surface area contributed by atoms with Gasteiger partial charge in [0.1, 0.15) is 17.9 Å². The number of nitrogens with one attached hydrogen (secondary N) is 1. The molecule has 3 aromatic carbocycles. The number of carbonyl (C=O) groups excluding carboxylic acids is 2. The fourth-order valence-electron chi connectivity index (χ4n) is 4.07. The highest BCUT2D eigenvalue weighted by molar-refractivity contribution is 8.15. The van der Waals surface area contributed by atoms with Gasteiger partial charge in [-0.05, 0) is 67.1 Å². The van der Waals surface area contributed by atoms with Crippen molar-refractivity contribution in [3.8, 4) is 22.8 Å². The van der Waals surface area contributed by atoms with Gasteiger partial charge in [0.15, 0.2) is 17.6 Å². The van der Waals surface area contributed by atoms with Gasteiger partial charge in [-0.3, -0.25) is 9.69 Å². The number of amidine groups is 1. The van der Waals surface area contributed by atoms with Crippen LogP contribution in [0.25, 0.3) is 17.1 Å². The van der Waals surface area contributed by atoms with Crippen molar-refractivity contribution in [3.05, 3.63) is 83.9 Å². The lowest BCUT2D eigenvalue weighted by Gasteiger charge is -2.21. The summed E-state index contributed by atoms with van der Waals surface area (Å²) in [6, 6.07) is 10.9. The van der Waals surface area contributed by atoms with E-state index in [0.29, 0.717) is 5.56 Å². The number of carbonyl (C=O) groups is 2. The van der Waals surface area contributed by atoms with E-state index in [1.165, 1.54) is 53.5 Å². The normalized spacial score (nSPS) is 14.7. The SMILES string of the molecule is Cc1ccc(OCC(F)(F)F)c(N2C(=O)CSC2=NC(=O)Nc2ccc(-c3ncn(-c4ccc(C(F)(F)F)cc4)n3)cc2F)c1. The number of halogens is 7. The Hall–Kier alpha value is -4.93. The van der Waals surface area contributed by atoms with Crippen molar-refractivity contribution in [2.75, 3.05) is 22.6 Å². The van der Waals surface area contributed by atoms with Crippen molar-refractivity contribution in [2.24, 2.45) is 4.99 Å². The maximum atomic E-state index is 15.0. The number of ether oxygens (including phenoxy) is 1. The minimum absolute atomic E-state index is 0.0421. The van der Waals surface area contributed by atoms with Gasteiger partial charge in [0.25, 0.3) is 0 Å². The van der Waals surface area contributed by atoms with Crippen molar-refractivity contribution in [2.45, 2.75) is 19.3 Å². The van der Waals surface area contributed by atoms with Crippen LogP contribution in [0.4, 0.5) is 46.9 Å². The molecule has 1 aliphatic heterocycles. The van der Waals surface area contributed by atoms with E-state index in [1.807, 2.05) is 0 Å². The van der Waals surface area contributed by atoms with Crippen LogP contribution in [0.2, 0.25) is 0 Å². The van der Waals surface area contributed by atoms with Crippen molar-refractivity contribution >= 4 is 40.2 Å². The van der Waals surface area contributed by atoms with Crippen LogP contribution >= 0.6 is 11.8 Å². The first-order valence-electron chi connectivity index (χ1n) is 12.7. The second-order valence-electron chi connectivity index (χ2n) is 9.47. The third kappa shape index (κ3) is 7.42. The highest BCUT2D eigenvalue weighted by Gasteiger charge is 2.34. The summed E-state index contributed by atoms with van der Waals surface area (Å²) in [4.78, 5) is 34.2. The van der Waals surface area contributed by atoms with Gasteiger partial charge in [-0.15, -0.1) is 5.10 Å². The van der Waals surface area contributed by atoms with Crippen LogP contribution in [-0.4, -0.2) is 50.4 Å². The van der Waals surface area contributed by atoms with E-state index in [4.69, 9.17) is 4.74 Å².